The van der Waals surface area contributed by atoms with E-state index in [2.05, 4.69) is 41.2 Å². The molecule has 0 spiro atoms. The van der Waals surface area contributed by atoms with Crippen LogP contribution in [0.1, 0.15) is 54.9 Å². The Kier molecular flexibility index (Phi) is 5.93. The maximum atomic E-state index is 4.10. The minimum Gasteiger partial charge on any atom is -0.0998 e. The number of rotatable bonds is 1. The fourth-order valence-electron chi connectivity index (χ4n) is 2.44. The highest BCUT2D eigenvalue weighted by atomic mass is 14.3. The van der Waals surface area contributed by atoms with Gasteiger partial charge in [0.1, 0.15) is 0 Å². The van der Waals surface area contributed by atoms with Crippen molar-refractivity contribution in [3.8, 4) is 0 Å². The summed E-state index contributed by atoms with van der Waals surface area (Å²) in [5.41, 5.74) is 4.54. The van der Waals surface area contributed by atoms with Gasteiger partial charge in [0.05, 0.1) is 0 Å². The number of hydrogen-bond acceptors (Lipinski definition) is 0. The van der Waals surface area contributed by atoms with Crippen LogP contribution in [-0.2, 0) is 0 Å². The highest BCUT2D eigenvalue weighted by Crippen LogP contribution is 2.40. The third kappa shape index (κ3) is 3.22. The average molecular weight is 208 g/mol. The SMILES string of the molecule is C=C(C)C1CC(C)C(C)=C(C)C1C.CC. The van der Waals surface area contributed by atoms with Crippen LogP contribution < -0.4 is 0 Å². The second kappa shape index (κ2) is 6.15. The standard InChI is InChI=1S/C13H22.C2H6/c1-8(2)13-7-9(3)10(4)11(5)12(13)6;1-2/h9,12-13H,1,7H2,2-6H3;1-2H3. The summed E-state index contributed by atoms with van der Waals surface area (Å²) in [5, 5.41) is 0. The predicted molar refractivity (Wildman–Crippen MR) is 71.0 cm³/mol. The van der Waals surface area contributed by atoms with Crippen LogP contribution in [0.25, 0.3) is 0 Å². The van der Waals surface area contributed by atoms with Crippen LogP contribution in [0.4, 0.5) is 0 Å². The summed E-state index contributed by atoms with van der Waals surface area (Å²) in [5.74, 6) is 2.16. The molecule has 0 heterocycles. The van der Waals surface area contributed by atoms with E-state index in [1.165, 1.54) is 12.0 Å². The zero-order chi connectivity index (χ0) is 12.2. The third-order valence-electron chi connectivity index (χ3n) is 3.89. The highest BCUT2D eigenvalue weighted by molar-refractivity contribution is 5.23. The lowest BCUT2D eigenvalue weighted by molar-refractivity contribution is 0.352. The van der Waals surface area contributed by atoms with Crippen LogP contribution in [0.3, 0.4) is 0 Å². The molecule has 88 valence electrons. The van der Waals surface area contributed by atoms with Gasteiger partial charge < -0.3 is 0 Å². The molecule has 0 nitrogen and oxygen atoms in total. The molecule has 0 aromatic heterocycles. The molecule has 0 N–H and O–H groups in total. The molecule has 1 aliphatic carbocycles. The highest BCUT2D eigenvalue weighted by Gasteiger charge is 2.28. The molecule has 0 aliphatic heterocycles. The number of hydrogen-bond donors (Lipinski definition) is 0. The molecular weight excluding hydrogens is 180 g/mol. The Bertz CT molecular complexity index is 245. The van der Waals surface area contributed by atoms with E-state index >= 15 is 0 Å². The maximum absolute atomic E-state index is 4.10. The Labute approximate surface area is 96.5 Å². The Morgan fingerprint density at radius 1 is 1.13 bits per heavy atom. The van der Waals surface area contributed by atoms with Gasteiger partial charge in [-0.15, -0.1) is 0 Å². The zero-order valence-electron chi connectivity index (χ0n) is 11.6. The molecule has 1 aliphatic rings. The van der Waals surface area contributed by atoms with Crippen molar-refractivity contribution >= 4 is 0 Å². The van der Waals surface area contributed by atoms with Crippen molar-refractivity contribution < 1.29 is 0 Å². The van der Waals surface area contributed by atoms with Crippen molar-refractivity contribution in [3.05, 3.63) is 23.3 Å². The van der Waals surface area contributed by atoms with E-state index in [-0.39, 0.29) is 0 Å². The van der Waals surface area contributed by atoms with E-state index in [9.17, 15) is 0 Å². The van der Waals surface area contributed by atoms with Crippen LogP contribution in [-0.4, -0.2) is 0 Å². The predicted octanol–water partition coefficient (Wildman–Crippen LogP) is 5.22. The molecule has 1 rings (SSSR count). The van der Waals surface area contributed by atoms with Gasteiger partial charge in [-0.05, 0) is 44.9 Å². The summed E-state index contributed by atoms with van der Waals surface area (Å²) in [6.45, 7) is 19.5. The third-order valence-corrected chi connectivity index (χ3v) is 3.89. The lowest BCUT2D eigenvalue weighted by Gasteiger charge is -2.35. The van der Waals surface area contributed by atoms with Gasteiger partial charge >= 0.3 is 0 Å². The summed E-state index contributed by atoms with van der Waals surface area (Å²) in [4.78, 5) is 0. The minimum atomic E-state index is 0.702. The molecule has 0 aromatic rings. The smallest absolute Gasteiger partial charge is 0.0140 e. The Hall–Kier alpha value is -0.520. The second-order valence-corrected chi connectivity index (χ2v) is 4.74. The van der Waals surface area contributed by atoms with E-state index < -0.39 is 0 Å². The molecule has 0 bridgehead atoms. The van der Waals surface area contributed by atoms with Gasteiger partial charge in [-0.1, -0.05) is 51.0 Å². The van der Waals surface area contributed by atoms with Crippen molar-refractivity contribution in [2.24, 2.45) is 17.8 Å². The maximum Gasteiger partial charge on any atom is -0.0140 e. The fourth-order valence-corrected chi connectivity index (χ4v) is 2.44. The lowest BCUT2D eigenvalue weighted by atomic mass is 9.70. The summed E-state index contributed by atoms with van der Waals surface area (Å²) >= 11 is 0. The molecule has 0 saturated heterocycles. The zero-order valence-corrected chi connectivity index (χ0v) is 11.6. The molecule has 3 atom stereocenters. The molecule has 0 heteroatoms. The van der Waals surface area contributed by atoms with Gasteiger partial charge in [-0.3, -0.25) is 0 Å². The van der Waals surface area contributed by atoms with Gasteiger partial charge in [-0.2, -0.15) is 0 Å². The first-order chi connectivity index (χ1) is 6.95. The first-order valence-electron chi connectivity index (χ1n) is 6.27. The van der Waals surface area contributed by atoms with Crippen molar-refractivity contribution in [2.45, 2.75) is 54.9 Å². The first kappa shape index (κ1) is 14.5. The van der Waals surface area contributed by atoms with Crippen molar-refractivity contribution in [1.82, 2.24) is 0 Å². The largest absolute Gasteiger partial charge is 0.0998 e. The van der Waals surface area contributed by atoms with Crippen LogP contribution in [0, 0.1) is 17.8 Å². The summed E-state index contributed by atoms with van der Waals surface area (Å²) in [6.07, 6.45) is 1.29. The van der Waals surface area contributed by atoms with Gasteiger partial charge in [0.15, 0.2) is 0 Å². The van der Waals surface area contributed by atoms with E-state index in [4.69, 9.17) is 0 Å². The Morgan fingerprint density at radius 3 is 2.00 bits per heavy atom. The molecule has 3 unspecified atom stereocenters. The van der Waals surface area contributed by atoms with Crippen LogP contribution in [0.2, 0.25) is 0 Å². The van der Waals surface area contributed by atoms with E-state index in [0.717, 1.165) is 5.92 Å². The summed E-state index contributed by atoms with van der Waals surface area (Å²) in [6, 6.07) is 0. The van der Waals surface area contributed by atoms with Crippen molar-refractivity contribution in [2.75, 3.05) is 0 Å². The van der Waals surface area contributed by atoms with E-state index in [1.807, 2.05) is 13.8 Å². The van der Waals surface area contributed by atoms with Crippen LogP contribution >= 0.6 is 0 Å². The Morgan fingerprint density at radius 2 is 1.60 bits per heavy atom. The first-order valence-corrected chi connectivity index (χ1v) is 6.27. The molecule has 0 aromatic carbocycles. The van der Waals surface area contributed by atoms with Gasteiger partial charge in [-0.25, -0.2) is 0 Å². The van der Waals surface area contributed by atoms with Crippen LogP contribution in [0.15, 0.2) is 23.3 Å². The summed E-state index contributed by atoms with van der Waals surface area (Å²) < 4.78 is 0. The molecule has 15 heavy (non-hydrogen) atoms. The molecule has 0 fully saturated rings. The van der Waals surface area contributed by atoms with E-state index in [0.29, 0.717) is 11.8 Å². The Balaban J connectivity index is 0.000000921. The van der Waals surface area contributed by atoms with E-state index in [1.54, 1.807) is 11.1 Å². The second-order valence-electron chi connectivity index (χ2n) is 4.74. The molecule has 0 radical (unpaired) electrons. The van der Waals surface area contributed by atoms with Gasteiger partial charge in [0.2, 0.25) is 0 Å². The van der Waals surface area contributed by atoms with Crippen LogP contribution in [0.5, 0.6) is 0 Å². The monoisotopic (exact) mass is 208 g/mol. The minimum absolute atomic E-state index is 0.702. The quantitative estimate of drug-likeness (QED) is 0.518. The van der Waals surface area contributed by atoms with Gasteiger partial charge in [0.25, 0.3) is 0 Å². The summed E-state index contributed by atoms with van der Waals surface area (Å²) in [7, 11) is 0. The van der Waals surface area contributed by atoms with Crippen molar-refractivity contribution in [1.29, 1.82) is 0 Å². The normalized spacial score (nSPS) is 30.7. The fraction of sp³-hybridized carbons (Fsp3) is 0.733. The topological polar surface area (TPSA) is 0 Å². The average Bonchev–Trinajstić information content (AvgIpc) is 2.23. The molecule has 0 saturated carbocycles. The van der Waals surface area contributed by atoms with Crippen molar-refractivity contribution in [3.63, 3.8) is 0 Å². The lowest BCUT2D eigenvalue weighted by Crippen LogP contribution is -2.24. The van der Waals surface area contributed by atoms with Gasteiger partial charge in [0, 0.05) is 0 Å². The number of allylic oxidation sites excluding steroid dienone is 3. The molecular formula is C15H28. The molecule has 0 amide bonds.